The minimum absolute atomic E-state index is 0.119. The van der Waals surface area contributed by atoms with Gasteiger partial charge in [0.15, 0.2) is 11.0 Å². The largest absolute Gasteiger partial charge is 0.497 e. The molecule has 3 rings (SSSR count). The number of methoxy groups -OCH3 is 1. The van der Waals surface area contributed by atoms with Crippen LogP contribution < -0.4 is 14.8 Å². The van der Waals surface area contributed by atoms with Crippen LogP contribution in [0.4, 0.5) is 5.69 Å². The lowest BCUT2D eigenvalue weighted by molar-refractivity contribution is -0.113. The van der Waals surface area contributed by atoms with Gasteiger partial charge in [0.1, 0.15) is 18.1 Å². The highest BCUT2D eigenvalue weighted by molar-refractivity contribution is 7.99. The normalized spacial score (nSPS) is 10.7. The van der Waals surface area contributed by atoms with Crippen molar-refractivity contribution in [3.8, 4) is 11.5 Å². The number of rotatable bonds is 9. The average molecular weight is 427 g/mol. The summed E-state index contributed by atoms with van der Waals surface area (Å²) in [5.74, 6) is 2.34. The fraction of sp³-hybridized carbons (Fsp3) is 0.318. The topological polar surface area (TPSA) is 78.3 Å². The van der Waals surface area contributed by atoms with E-state index in [1.54, 1.807) is 13.2 Å². The molecule has 0 fully saturated rings. The Labute approximate surface area is 180 Å². The van der Waals surface area contributed by atoms with Crippen LogP contribution in [-0.2, 0) is 17.9 Å². The van der Waals surface area contributed by atoms with Gasteiger partial charge in [-0.05, 0) is 56.2 Å². The first-order valence-corrected chi connectivity index (χ1v) is 10.7. The van der Waals surface area contributed by atoms with Gasteiger partial charge in [-0.3, -0.25) is 4.79 Å². The number of nitrogens with zero attached hydrogens (tertiary/aromatic N) is 3. The van der Waals surface area contributed by atoms with Crippen molar-refractivity contribution in [2.24, 2.45) is 0 Å². The van der Waals surface area contributed by atoms with Crippen LogP contribution >= 0.6 is 11.8 Å². The van der Waals surface area contributed by atoms with Gasteiger partial charge in [0, 0.05) is 18.3 Å². The summed E-state index contributed by atoms with van der Waals surface area (Å²) in [5, 5.41) is 12.0. The predicted molar refractivity (Wildman–Crippen MR) is 118 cm³/mol. The molecule has 8 heteroatoms. The van der Waals surface area contributed by atoms with E-state index in [4.69, 9.17) is 9.47 Å². The Balaban J connectivity index is 1.58. The van der Waals surface area contributed by atoms with Gasteiger partial charge in [0.25, 0.3) is 0 Å². The van der Waals surface area contributed by atoms with Crippen molar-refractivity contribution in [3.05, 3.63) is 59.4 Å². The summed E-state index contributed by atoms with van der Waals surface area (Å²) < 4.78 is 13.1. The van der Waals surface area contributed by atoms with Crippen molar-refractivity contribution in [2.45, 2.75) is 39.1 Å². The number of carbonyl (C=O) groups excluding carboxylic acids is 1. The van der Waals surface area contributed by atoms with Gasteiger partial charge >= 0.3 is 0 Å². The third kappa shape index (κ3) is 5.76. The lowest BCUT2D eigenvalue weighted by Gasteiger charge is -2.10. The van der Waals surface area contributed by atoms with Gasteiger partial charge in [0.2, 0.25) is 5.91 Å². The molecule has 0 saturated carbocycles. The lowest BCUT2D eigenvalue weighted by Crippen LogP contribution is -2.15. The van der Waals surface area contributed by atoms with Crippen LogP contribution in [0.15, 0.2) is 47.6 Å². The van der Waals surface area contributed by atoms with Crippen LogP contribution in [0.2, 0.25) is 0 Å². The molecule has 0 unspecified atom stereocenters. The second-order valence-corrected chi connectivity index (χ2v) is 7.77. The van der Waals surface area contributed by atoms with E-state index in [9.17, 15) is 4.79 Å². The number of hydrogen-bond acceptors (Lipinski definition) is 6. The molecule has 3 aromatic rings. The molecule has 0 spiro atoms. The van der Waals surface area contributed by atoms with Crippen LogP contribution in [0.5, 0.6) is 11.5 Å². The molecular formula is C22H26N4O3S. The smallest absolute Gasteiger partial charge is 0.234 e. The summed E-state index contributed by atoms with van der Waals surface area (Å²) >= 11 is 1.35. The number of nitrogens with one attached hydrogen (secondary N) is 1. The third-order valence-electron chi connectivity index (χ3n) is 4.36. The molecule has 0 saturated heterocycles. The van der Waals surface area contributed by atoms with Gasteiger partial charge in [-0.1, -0.05) is 23.9 Å². The maximum absolute atomic E-state index is 12.3. The first kappa shape index (κ1) is 21.7. The van der Waals surface area contributed by atoms with Crippen LogP contribution in [0, 0.1) is 13.8 Å². The van der Waals surface area contributed by atoms with Crippen molar-refractivity contribution in [3.63, 3.8) is 0 Å². The molecule has 1 aromatic heterocycles. The van der Waals surface area contributed by atoms with E-state index in [0.717, 1.165) is 22.7 Å². The minimum atomic E-state index is -0.119. The number of amides is 1. The fourth-order valence-electron chi connectivity index (χ4n) is 3.04. The molecule has 1 amide bonds. The van der Waals surface area contributed by atoms with Gasteiger partial charge in [-0.2, -0.15) is 0 Å². The number of ether oxygens (including phenoxy) is 2. The SMILES string of the molecule is CCn1c(COc2cc(C)cc(C)c2)nnc1SCC(=O)Nc1cccc(OC)c1. The Morgan fingerprint density at radius 2 is 1.87 bits per heavy atom. The maximum atomic E-state index is 12.3. The summed E-state index contributed by atoms with van der Waals surface area (Å²) in [6, 6.07) is 13.4. The Kier molecular flexibility index (Phi) is 7.35. The molecule has 1 N–H and O–H groups in total. The van der Waals surface area contributed by atoms with Crippen molar-refractivity contribution < 1.29 is 14.3 Å². The zero-order valence-corrected chi connectivity index (χ0v) is 18.5. The molecule has 1 heterocycles. The third-order valence-corrected chi connectivity index (χ3v) is 5.33. The Bertz CT molecular complexity index is 999. The number of thioether (sulfide) groups is 1. The summed E-state index contributed by atoms with van der Waals surface area (Å²) in [6.07, 6.45) is 0. The molecule has 2 aromatic carbocycles. The number of benzene rings is 2. The van der Waals surface area contributed by atoms with Crippen LogP contribution in [0.25, 0.3) is 0 Å². The quantitative estimate of drug-likeness (QED) is 0.516. The summed E-state index contributed by atoms with van der Waals surface area (Å²) in [4.78, 5) is 12.3. The second kappa shape index (κ2) is 10.2. The second-order valence-electron chi connectivity index (χ2n) is 6.82. The zero-order chi connectivity index (χ0) is 21.5. The summed E-state index contributed by atoms with van der Waals surface area (Å²) in [6.45, 7) is 7.11. The molecule has 0 bridgehead atoms. The van der Waals surface area contributed by atoms with Crippen LogP contribution in [-0.4, -0.2) is 33.5 Å². The molecule has 0 aliphatic heterocycles. The van der Waals surface area contributed by atoms with E-state index in [1.165, 1.54) is 11.8 Å². The Morgan fingerprint density at radius 1 is 1.10 bits per heavy atom. The number of hydrogen-bond donors (Lipinski definition) is 1. The Hall–Kier alpha value is -3.00. The number of aryl methyl sites for hydroxylation is 2. The Morgan fingerprint density at radius 3 is 2.57 bits per heavy atom. The minimum Gasteiger partial charge on any atom is -0.497 e. The highest BCUT2D eigenvalue weighted by Crippen LogP contribution is 2.21. The van der Waals surface area contributed by atoms with E-state index >= 15 is 0 Å². The molecule has 0 aliphatic rings. The molecule has 0 radical (unpaired) electrons. The summed E-state index contributed by atoms with van der Waals surface area (Å²) in [7, 11) is 1.59. The van der Waals surface area contributed by atoms with Crippen molar-refractivity contribution in [1.82, 2.24) is 14.8 Å². The maximum Gasteiger partial charge on any atom is 0.234 e. The van der Waals surface area contributed by atoms with Gasteiger partial charge in [0.05, 0.1) is 12.9 Å². The number of carbonyl (C=O) groups is 1. The van der Waals surface area contributed by atoms with Crippen LogP contribution in [0.3, 0.4) is 0 Å². The van der Waals surface area contributed by atoms with Crippen molar-refractivity contribution >= 4 is 23.4 Å². The average Bonchev–Trinajstić information content (AvgIpc) is 3.12. The standard InChI is InChI=1S/C22H26N4O3S/c1-5-26-20(13-29-19-10-15(2)9-16(3)11-19)24-25-22(26)30-14-21(27)23-17-7-6-8-18(12-17)28-4/h6-12H,5,13-14H2,1-4H3,(H,23,27). The van der Waals surface area contributed by atoms with E-state index in [2.05, 4.69) is 21.6 Å². The first-order valence-electron chi connectivity index (χ1n) is 9.68. The molecule has 158 valence electrons. The van der Waals surface area contributed by atoms with E-state index < -0.39 is 0 Å². The predicted octanol–water partition coefficient (Wildman–Crippen LogP) is 4.23. The van der Waals surface area contributed by atoms with Gasteiger partial charge < -0.3 is 19.4 Å². The lowest BCUT2D eigenvalue weighted by atomic mass is 10.1. The molecule has 0 aliphatic carbocycles. The molecule has 7 nitrogen and oxygen atoms in total. The van der Waals surface area contributed by atoms with E-state index in [1.807, 2.05) is 55.7 Å². The van der Waals surface area contributed by atoms with Crippen molar-refractivity contribution in [2.75, 3.05) is 18.2 Å². The molecule has 0 atom stereocenters. The number of anilines is 1. The van der Waals surface area contributed by atoms with E-state index in [0.29, 0.717) is 29.7 Å². The molecular weight excluding hydrogens is 400 g/mol. The highest BCUT2D eigenvalue weighted by Gasteiger charge is 2.14. The zero-order valence-electron chi connectivity index (χ0n) is 17.6. The van der Waals surface area contributed by atoms with Gasteiger partial charge in [-0.25, -0.2) is 0 Å². The van der Waals surface area contributed by atoms with Crippen LogP contribution in [0.1, 0.15) is 23.9 Å². The number of aromatic nitrogens is 3. The molecule has 30 heavy (non-hydrogen) atoms. The summed E-state index contributed by atoms with van der Waals surface area (Å²) in [5.41, 5.74) is 3.00. The van der Waals surface area contributed by atoms with Gasteiger partial charge in [-0.15, -0.1) is 10.2 Å². The van der Waals surface area contributed by atoms with E-state index in [-0.39, 0.29) is 11.7 Å². The first-order chi connectivity index (χ1) is 14.5. The highest BCUT2D eigenvalue weighted by atomic mass is 32.2. The van der Waals surface area contributed by atoms with Crippen molar-refractivity contribution in [1.29, 1.82) is 0 Å². The fourth-order valence-corrected chi connectivity index (χ4v) is 3.86. The monoisotopic (exact) mass is 426 g/mol.